The zero-order valence-electron chi connectivity index (χ0n) is 15.4. The normalized spacial score (nSPS) is 49.1. The van der Waals surface area contributed by atoms with Gasteiger partial charge in [0.15, 0.2) is 5.78 Å². The number of aliphatic hydroxyl groups is 1. The second kappa shape index (κ2) is 5.35. The van der Waals surface area contributed by atoms with Gasteiger partial charge in [-0.1, -0.05) is 19.4 Å². The summed E-state index contributed by atoms with van der Waals surface area (Å²) < 4.78 is 0. The number of ketones is 3. The Morgan fingerprint density at radius 1 is 1.20 bits per heavy atom. The molecule has 0 radical (unpaired) electrons. The molecule has 25 heavy (non-hydrogen) atoms. The van der Waals surface area contributed by atoms with E-state index in [1.807, 2.05) is 0 Å². The summed E-state index contributed by atoms with van der Waals surface area (Å²) in [6.07, 6.45) is 5.16. The zero-order chi connectivity index (χ0) is 18.1. The van der Waals surface area contributed by atoms with Crippen LogP contribution in [0.2, 0.25) is 0 Å². The van der Waals surface area contributed by atoms with Crippen LogP contribution in [0.1, 0.15) is 59.3 Å². The van der Waals surface area contributed by atoms with Crippen molar-refractivity contribution in [3.8, 4) is 0 Å². The van der Waals surface area contributed by atoms with Gasteiger partial charge in [0.25, 0.3) is 0 Å². The lowest BCUT2D eigenvalue weighted by atomic mass is 9.46. The van der Waals surface area contributed by atoms with Gasteiger partial charge >= 0.3 is 0 Å². The third kappa shape index (κ3) is 2.19. The Labute approximate surface area is 149 Å². The molecule has 0 aromatic carbocycles. The summed E-state index contributed by atoms with van der Waals surface area (Å²) in [6, 6.07) is 0. The van der Waals surface area contributed by atoms with E-state index in [-0.39, 0.29) is 51.9 Å². The highest BCUT2D eigenvalue weighted by Crippen LogP contribution is 2.65. The van der Waals surface area contributed by atoms with Crippen molar-refractivity contribution in [3.63, 3.8) is 0 Å². The molecular weight excluding hydrogens is 316 g/mol. The minimum atomic E-state index is -0.588. The van der Waals surface area contributed by atoms with Crippen LogP contribution >= 0.6 is 0 Å². The Balaban J connectivity index is 1.77. The Bertz CT molecular complexity index is 692. The zero-order valence-corrected chi connectivity index (χ0v) is 15.4. The van der Waals surface area contributed by atoms with Gasteiger partial charge in [0.05, 0.1) is 6.10 Å². The molecule has 0 aliphatic heterocycles. The van der Waals surface area contributed by atoms with Crippen molar-refractivity contribution >= 4 is 17.3 Å². The molecule has 4 aliphatic carbocycles. The fourth-order valence-electron chi connectivity index (χ4n) is 6.91. The fraction of sp³-hybridized carbons (Fsp3) is 0.762. The summed E-state index contributed by atoms with van der Waals surface area (Å²) in [5, 5.41) is 11.0. The second-order valence-electron chi connectivity index (χ2n) is 9.36. The summed E-state index contributed by atoms with van der Waals surface area (Å²) in [4.78, 5) is 37.0. The lowest BCUT2D eigenvalue weighted by Crippen LogP contribution is -2.56. The SMILES string of the molecule is CC(=O)[C@H]1CC(=O)[C@H]2[C@@H]3C(O)CC4=CC(=O)CC[C@]4(C)[C@H]3CC[C@]12C. The Hall–Kier alpha value is -1.29. The van der Waals surface area contributed by atoms with Crippen molar-refractivity contribution in [2.24, 2.45) is 34.5 Å². The largest absolute Gasteiger partial charge is 0.392 e. The smallest absolute Gasteiger partial charge is 0.155 e. The van der Waals surface area contributed by atoms with Gasteiger partial charge in [0.2, 0.25) is 0 Å². The summed E-state index contributed by atoms with van der Waals surface area (Å²) in [5.74, 6) is 0.167. The molecule has 0 bridgehead atoms. The van der Waals surface area contributed by atoms with Crippen LogP contribution in [0, 0.1) is 34.5 Å². The van der Waals surface area contributed by atoms with Crippen molar-refractivity contribution in [2.75, 3.05) is 0 Å². The number of fused-ring (bicyclic) bond motifs is 5. The first-order chi connectivity index (χ1) is 11.7. The molecule has 0 aromatic heterocycles. The first kappa shape index (κ1) is 17.1. The number of rotatable bonds is 1. The Morgan fingerprint density at radius 2 is 1.92 bits per heavy atom. The lowest BCUT2D eigenvalue weighted by Gasteiger charge is -2.58. The molecule has 0 saturated heterocycles. The molecule has 0 amide bonds. The minimum Gasteiger partial charge on any atom is -0.392 e. The predicted octanol–water partition coefficient (Wildman–Crippen LogP) is 2.87. The molecule has 7 atom stereocenters. The molecule has 4 rings (SSSR count). The molecular formula is C21H28O4. The predicted molar refractivity (Wildman–Crippen MR) is 92.7 cm³/mol. The van der Waals surface area contributed by atoms with E-state index >= 15 is 0 Å². The third-order valence-electron chi connectivity index (χ3n) is 8.24. The third-order valence-corrected chi connectivity index (χ3v) is 8.24. The van der Waals surface area contributed by atoms with E-state index in [2.05, 4.69) is 13.8 Å². The Morgan fingerprint density at radius 3 is 2.60 bits per heavy atom. The highest BCUT2D eigenvalue weighted by Gasteiger charge is 2.64. The van der Waals surface area contributed by atoms with E-state index < -0.39 is 6.10 Å². The van der Waals surface area contributed by atoms with Crippen molar-refractivity contribution in [1.82, 2.24) is 0 Å². The van der Waals surface area contributed by atoms with Crippen LogP contribution in [0.25, 0.3) is 0 Å². The van der Waals surface area contributed by atoms with Crippen molar-refractivity contribution < 1.29 is 19.5 Å². The van der Waals surface area contributed by atoms with E-state index in [1.165, 1.54) is 0 Å². The minimum absolute atomic E-state index is 0.0778. The topological polar surface area (TPSA) is 71.4 Å². The summed E-state index contributed by atoms with van der Waals surface area (Å²) >= 11 is 0. The van der Waals surface area contributed by atoms with Crippen LogP contribution in [-0.2, 0) is 14.4 Å². The van der Waals surface area contributed by atoms with Gasteiger partial charge in [-0.25, -0.2) is 0 Å². The van der Waals surface area contributed by atoms with E-state index in [0.717, 1.165) is 24.8 Å². The van der Waals surface area contributed by atoms with Gasteiger partial charge in [0, 0.05) is 24.7 Å². The van der Waals surface area contributed by atoms with Gasteiger partial charge in [0.1, 0.15) is 11.6 Å². The van der Waals surface area contributed by atoms with Crippen molar-refractivity contribution in [3.05, 3.63) is 11.6 Å². The fourth-order valence-corrected chi connectivity index (χ4v) is 6.91. The number of carbonyl (C=O) groups excluding carboxylic acids is 3. The maximum atomic E-state index is 12.9. The molecule has 0 spiro atoms. The average Bonchev–Trinajstić information content (AvgIpc) is 2.81. The highest BCUT2D eigenvalue weighted by atomic mass is 16.3. The first-order valence-electron chi connectivity index (χ1n) is 9.63. The van der Waals surface area contributed by atoms with E-state index in [4.69, 9.17) is 0 Å². The van der Waals surface area contributed by atoms with Gasteiger partial charge < -0.3 is 5.11 Å². The van der Waals surface area contributed by atoms with Crippen molar-refractivity contribution in [2.45, 2.75) is 65.4 Å². The van der Waals surface area contributed by atoms with Gasteiger partial charge in [-0.2, -0.15) is 0 Å². The summed E-state index contributed by atoms with van der Waals surface area (Å²) in [5.41, 5.74) is 0.676. The highest BCUT2D eigenvalue weighted by molar-refractivity contribution is 5.94. The maximum absolute atomic E-state index is 12.9. The maximum Gasteiger partial charge on any atom is 0.155 e. The van der Waals surface area contributed by atoms with Crippen LogP contribution < -0.4 is 0 Å². The monoisotopic (exact) mass is 344 g/mol. The van der Waals surface area contributed by atoms with E-state index in [1.54, 1.807) is 13.0 Å². The molecule has 0 heterocycles. The van der Waals surface area contributed by atoms with Crippen LogP contribution in [0.3, 0.4) is 0 Å². The van der Waals surface area contributed by atoms with Crippen LogP contribution in [0.4, 0.5) is 0 Å². The molecule has 1 N–H and O–H groups in total. The van der Waals surface area contributed by atoms with E-state index in [0.29, 0.717) is 19.3 Å². The molecule has 136 valence electrons. The van der Waals surface area contributed by atoms with Crippen LogP contribution in [-0.4, -0.2) is 28.6 Å². The summed E-state index contributed by atoms with van der Waals surface area (Å²) in [7, 11) is 0. The summed E-state index contributed by atoms with van der Waals surface area (Å²) in [6.45, 7) is 5.92. The molecule has 4 aliphatic rings. The van der Waals surface area contributed by atoms with Gasteiger partial charge in [-0.05, 0) is 61.3 Å². The number of Topliss-reactive ketones (excluding diaryl/α,β-unsaturated/α-hetero) is 2. The van der Waals surface area contributed by atoms with E-state index in [9.17, 15) is 19.5 Å². The lowest BCUT2D eigenvalue weighted by molar-refractivity contribution is -0.145. The molecule has 3 saturated carbocycles. The molecule has 3 fully saturated rings. The average molecular weight is 344 g/mol. The standard InChI is InChI=1S/C21H28O4/c1-11(22)15-10-17(25)19-18-14(5-7-21(15,19)3)20(2)6-4-13(23)8-12(20)9-16(18)24/h8,14-16,18-19,24H,4-7,9-10H2,1-3H3/t14-,15+,16?,18-,19-,20-,21+/m0/s1. The van der Waals surface area contributed by atoms with Crippen molar-refractivity contribution in [1.29, 1.82) is 0 Å². The Kier molecular flexibility index (Phi) is 3.67. The molecule has 1 unspecified atom stereocenters. The number of hydrogen-bond acceptors (Lipinski definition) is 4. The molecule has 0 aromatic rings. The molecule has 4 heteroatoms. The number of carbonyl (C=O) groups is 3. The number of hydrogen-bond donors (Lipinski definition) is 1. The quantitative estimate of drug-likeness (QED) is 0.794. The van der Waals surface area contributed by atoms with Gasteiger partial charge in [-0.15, -0.1) is 0 Å². The second-order valence-corrected chi connectivity index (χ2v) is 9.36. The molecule has 4 nitrogen and oxygen atoms in total. The van der Waals surface area contributed by atoms with Gasteiger partial charge in [-0.3, -0.25) is 14.4 Å². The first-order valence-corrected chi connectivity index (χ1v) is 9.63. The van der Waals surface area contributed by atoms with Crippen LogP contribution in [0.5, 0.6) is 0 Å². The van der Waals surface area contributed by atoms with Crippen LogP contribution in [0.15, 0.2) is 11.6 Å². The number of aliphatic hydroxyl groups excluding tert-OH is 1.